The molecule has 0 aliphatic heterocycles. The minimum absolute atomic E-state index is 0.362. The molecule has 1 heterocycles. The first kappa shape index (κ1) is 52.8. The standard InChI is InChI=1S/C34H46O.C10H12.C6F5N.C6H8N.Mo/c1-19(2)25-17-30(22(7)8)33(31(18-25)23(9)10)27-14-12-13-26(34(27)35)32-28(20(3)4)15-24(11)16-29(32)21(5)6;1-10(2,3)9-7-5-4-6-8-9;7-1-2(8)4(10)6(12)5(11)3(1)9;1-5-3-4-6(2)7-5;/h12-23,35H,1-11H3;1,4-8H,2-3H3;;3-4H,1-2H3;/q;;;-1;. The zero-order valence-corrected chi connectivity index (χ0v) is 42.7. The van der Waals surface area contributed by atoms with E-state index in [1.54, 1.807) is 4.40 Å². The van der Waals surface area contributed by atoms with E-state index in [4.69, 9.17) is 0 Å². The normalized spacial score (nSPS) is 11.5. The van der Waals surface area contributed by atoms with Gasteiger partial charge in [-0.2, -0.15) is 11.4 Å². The summed E-state index contributed by atoms with van der Waals surface area (Å²) in [6.07, 6.45) is 0. The molecule has 6 aromatic rings. The number of hydrogen-bond donors (Lipinski definition) is 1. The third-order valence-corrected chi connectivity index (χ3v) is 13.8. The van der Waals surface area contributed by atoms with Gasteiger partial charge in [0.05, 0.1) is 0 Å². The summed E-state index contributed by atoms with van der Waals surface area (Å²) in [6, 6.07) is 29.0. The molecule has 0 amide bonds. The first-order chi connectivity index (χ1) is 30.4. The van der Waals surface area contributed by atoms with Crippen LogP contribution in [0.5, 0.6) is 5.75 Å². The number of phenols is 1. The number of para-hydroxylation sites is 1. The summed E-state index contributed by atoms with van der Waals surface area (Å²) >= 11 is -1.47. The number of hydrogen-bond acceptors (Lipinski definition) is 2. The summed E-state index contributed by atoms with van der Waals surface area (Å²) in [6.45, 7) is 32.5. The van der Waals surface area contributed by atoms with E-state index in [1.165, 1.54) is 44.5 Å². The van der Waals surface area contributed by atoms with Crippen molar-refractivity contribution in [1.29, 1.82) is 0 Å². The molecule has 1 N–H and O–H groups in total. The van der Waals surface area contributed by atoms with Crippen LogP contribution in [0.4, 0.5) is 27.6 Å². The molecule has 65 heavy (non-hydrogen) atoms. The smallest absolute Gasteiger partial charge is 0.131 e. The Hall–Kier alpha value is -4.81. The van der Waals surface area contributed by atoms with E-state index in [-0.39, 0.29) is 0 Å². The third-order valence-electron chi connectivity index (χ3n) is 11.4. The number of nitrogens with zero attached hydrogens (tertiary/aromatic N) is 2. The van der Waals surface area contributed by atoms with Gasteiger partial charge < -0.3 is 10.1 Å². The van der Waals surface area contributed by atoms with E-state index in [9.17, 15) is 27.1 Å². The van der Waals surface area contributed by atoms with Gasteiger partial charge in [-0.25, -0.2) is 0 Å². The number of phenolic OH excluding ortho intramolecular Hbond substituents is 1. The molecular weight excluding hydrogens is 908 g/mol. The Morgan fingerprint density at radius 1 is 0.538 bits per heavy atom. The van der Waals surface area contributed by atoms with Gasteiger partial charge in [-0.3, -0.25) is 0 Å². The van der Waals surface area contributed by atoms with Crippen molar-refractivity contribution in [3.8, 4) is 28.0 Å². The molecule has 0 fully saturated rings. The zero-order valence-electron chi connectivity index (χ0n) is 40.7. The van der Waals surface area contributed by atoms with Gasteiger partial charge in [-0.1, -0.05) is 143 Å². The molecule has 9 heteroatoms. The molecule has 0 atom stereocenters. The van der Waals surface area contributed by atoms with E-state index in [0.29, 0.717) is 35.3 Å². The first-order valence-corrected chi connectivity index (χ1v) is 24.4. The summed E-state index contributed by atoms with van der Waals surface area (Å²) < 4.78 is 71.7. The molecule has 0 unspecified atom stereocenters. The van der Waals surface area contributed by atoms with Gasteiger partial charge in [-0.15, -0.1) is 0 Å². The van der Waals surface area contributed by atoms with Gasteiger partial charge in [-0.05, 0) is 75.5 Å². The average Bonchev–Trinajstić information content (AvgIpc) is 3.64. The minimum Gasteiger partial charge on any atom is -0.665 e. The molecule has 0 saturated carbocycles. The molecular formula is C56H66F5MoN2O-. The molecule has 5 aromatic carbocycles. The molecule has 0 aliphatic rings. The van der Waals surface area contributed by atoms with Gasteiger partial charge in [0.15, 0.2) is 0 Å². The molecule has 0 spiro atoms. The molecule has 3 nitrogen and oxygen atoms in total. The first-order valence-electron chi connectivity index (χ1n) is 22.4. The van der Waals surface area contributed by atoms with E-state index in [1.807, 2.05) is 70.2 Å². The van der Waals surface area contributed by atoms with Gasteiger partial charge in [0.2, 0.25) is 0 Å². The number of halogens is 5. The van der Waals surface area contributed by atoms with Crippen molar-refractivity contribution in [2.24, 2.45) is 3.50 Å². The predicted octanol–water partition coefficient (Wildman–Crippen LogP) is 17.0. The summed E-state index contributed by atoms with van der Waals surface area (Å²) in [5.74, 6) is -7.57. The number of aromatic hydroxyl groups is 1. The van der Waals surface area contributed by atoms with Crippen LogP contribution in [-0.4, -0.2) is 9.51 Å². The zero-order chi connectivity index (χ0) is 48.7. The van der Waals surface area contributed by atoms with Gasteiger partial charge in [0, 0.05) is 11.1 Å². The van der Waals surface area contributed by atoms with Crippen molar-refractivity contribution in [3.05, 3.63) is 164 Å². The molecule has 0 saturated heterocycles. The molecule has 0 radical (unpaired) electrons. The predicted molar refractivity (Wildman–Crippen MR) is 257 cm³/mol. The molecule has 1 aromatic heterocycles. The van der Waals surface area contributed by atoms with Crippen LogP contribution in [-0.2, 0) is 23.3 Å². The minimum atomic E-state index is -2.17. The van der Waals surface area contributed by atoms with Crippen LogP contribution in [0.3, 0.4) is 0 Å². The Morgan fingerprint density at radius 3 is 1.31 bits per heavy atom. The SMILES string of the molecule is CC(C)([CH]=[Mo]=[N]c1c(F)c(F)c(F)c(F)c1F)c1ccccc1.Cc1cc(C(C)C)c(-c2cccc(-c3c(C(C)C)cc(C(C)C)cc3C(C)C)c2O)c(C(C)C)c1.Cc1ccc(C)[n-]1. The van der Waals surface area contributed by atoms with Crippen molar-refractivity contribution in [1.82, 2.24) is 4.98 Å². The fourth-order valence-electron chi connectivity index (χ4n) is 7.69. The van der Waals surface area contributed by atoms with E-state index < -0.39 is 58.1 Å². The van der Waals surface area contributed by atoms with Crippen molar-refractivity contribution in [2.75, 3.05) is 0 Å². The maximum atomic E-state index is 13.5. The second-order valence-electron chi connectivity index (χ2n) is 18.9. The second-order valence-corrected chi connectivity index (χ2v) is 20.5. The number of rotatable bonds is 10. The largest absolute Gasteiger partial charge is 0.665 e. The Labute approximate surface area is 392 Å². The quantitative estimate of drug-likeness (QED) is 0.0643. The third kappa shape index (κ3) is 12.8. The van der Waals surface area contributed by atoms with Crippen molar-refractivity contribution in [3.63, 3.8) is 0 Å². The maximum absolute atomic E-state index is 13.5. The number of aryl methyl sites for hydroxylation is 3. The van der Waals surface area contributed by atoms with Gasteiger partial charge in [0.25, 0.3) is 0 Å². The van der Waals surface area contributed by atoms with E-state index in [0.717, 1.165) is 28.1 Å². The van der Waals surface area contributed by atoms with Crippen molar-refractivity contribution >= 4 is 10.1 Å². The van der Waals surface area contributed by atoms with Crippen LogP contribution in [0.2, 0.25) is 0 Å². The second kappa shape index (κ2) is 22.6. The Morgan fingerprint density at radius 2 is 0.938 bits per heavy atom. The van der Waals surface area contributed by atoms with Crippen LogP contribution in [0, 0.1) is 49.9 Å². The van der Waals surface area contributed by atoms with Crippen LogP contribution in [0.25, 0.3) is 22.3 Å². The van der Waals surface area contributed by atoms with Crippen LogP contribution < -0.4 is 4.98 Å². The Bertz CT molecular complexity index is 2550. The number of benzene rings is 5. The summed E-state index contributed by atoms with van der Waals surface area (Å²) in [7, 11) is 0. The van der Waals surface area contributed by atoms with Gasteiger partial charge >= 0.3 is 138 Å². The van der Waals surface area contributed by atoms with Crippen LogP contribution in [0.1, 0.15) is 163 Å². The fraction of sp³-hybridized carbons (Fsp3) is 0.375. The van der Waals surface area contributed by atoms with Crippen LogP contribution in [0.15, 0.2) is 88.4 Å². The van der Waals surface area contributed by atoms with Crippen molar-refractivity contribution in [2.45, 2.75) is 139 Å². The molecule has 0 bridgehead atoms. The topological polar surface area (TPSA) is 46.7 Å². The van der Waals surface area contributed by atoms with E-state index >= 15 is 0 Å². The van der Waals surface area contributed by atoms with Crippen molar-refractivity contribution < 1.29 is 45.0 Å². The summed E-state index contributed by atoms with van der Waals surface area (Å²) in [5.41, 5.74) is 13.9. The average molecular weight is 974 g/mol. The summed E-state index contributed by atoms with van der Waals surface area (Å²) in [4.78, 5) is 4.11. The Kier molecular flexibility index (Phi) is 18.4. The monoisotopic (exact) mass is 975 g/mol. The maximum Gasteiger partial charge on any atom is 0.131 e. The molecule has 0 aliphatic carbocycles. The van der Waals surface area contributed by atoms with Gasteiger partial charge in [0.1, 0.15) is 5.75 Å². The summed E-state index contributed by atoms with van der Waals surface area (Å²) in [5, 5.41) is 12.0. The molecule has 6 rings (SSSR count). The molecule has 348 valence electrons. The van der Waals surface area contributed by atoms with Crippen LogP contribution >= 0.6 is 0 Å². The fourth-order valence-corrected chi connectivity index (χ4v) is 9.46. The Balaban J connectivity index is 0.000000262. The van der Waals surface area contributed by atoms with E-state index in [2.05, 4.69) is 127 Å². The number of aromatic nitrogens is 1.